The summed E-state index contributed by atoms with van der Waals surface area (Å²) in [7, 11) is -0.846. The maximum absolute atomic E-state index is 12.8. The summed E-state index contributed by atoms with van der Waals surface area (Å²) in [5.74, 6) is 0.299. The molecule has 0 spiro atoms. The SMILES string of the molecule is COc1ccc(NC(=O)[C@@H](C)N(c2cc(C)ccc2OC)S(C)(=O)=O)cc1Cl. The molecule has 0 fully saturated rings. The van der Waals surface area contributed by atoms with Gasteiger partial charge in [-0.15, -0.1) is 0 Å². The number of amides is 1. The number of rotatable bonds is 7. The summed E-state index contributed by atoms with van der Waals surface area (Å²) >= 11 is 6.08. The third-order valence-electron chi connectivity index (χ3n) is 4.08. The second-order valence-electron chi connectivity index (χ2n) is 6.25. The number of nitrogens with zero attached hydrogens (tertiary/aromatic N) is 1. The van der Waals surface area contributed by atoms with E-state index in [4.69, 9.17) is 21.1 Å². The second kappa shape index (κ2) is 8.70. The molecule has 0 aliphatic carbocycles. The van der Waals surface area contributed by atoms with Crippen LogP contribution in [0.5, 0.6) is 11.5 Å². The summed E-state index contributed by atoms with van der Waals surface area (Å²) in [6.45, 7) is 3.33. The number of sulfonamides is 1. The van der Waals surface area contributed by atoms with Crippen molar-refractivity contribution >= 4 is 38.9 Å². The zero-order valence-corrected chi connectivity index (χ0v) is 17.9. The van der Waals surface area contributed by atoms with Gasteiger partial charge in [0.1, 0.15) is 17.5 Å². The van der Waals surface area contributed by atoms with Crippen LogP contribution in [0, 0.1) is 6.92 Å². The van der Waals surface area contributed by atoms with Gasteiger partial charge in [-0.25, -0.2) is 8.42 Å². The molecule has 0 bridgehead atoms. The molecule has 0 unspecified atom stereocenters. The zero-order valence-electron chi connectivity index (χ0n) is 16.3. The van der Waals surface area contributed by atoms with E-state index >= 15 is 0 Å². The van der Waals surface area contributed by atoms with Crippen LogP contribution in [-0.2, 0) is 14.8 Å². The molecule has 0 saturated heterocycles. The van der Waals surface area contributed by atoms with Crippen LogP contribution in [-0.4, -0.2) is 40.8 Å². The molecule has 28 heavy (non-hydrogen) atoms. The number of carbonyl (C=O) groups excluding carboxylic acids is 1. The first-order valence-electron chi connectivity index (χ1n) is 8.37. The lowest BCUT2D eigenvalue weighted by Gasteiger charge is -2.29. The minimum Gasteiger partial charge on any atom is -0.495 e. The highest BCUT2D eigenvalue weighted by atomic mass is 35.5. The molecular formula is C19H23ClN2O5S. The van der Waals surface area contributed by atoms with Crippen molar-refractivity contribution < 1.29 is 22.7 Å². The maximum Gasteiger partial charge on any atom is 0.247 e. The van der Waals surface area contributed by atoms with E-state index in [-0.39, 0.29) is 0 Å². The van der Waals surface area contributed by atoms with E-state index in [1.165, 1.54) is 27.2 Å². The first kappa shape index (κ1) is 21.8. The Morgan fingerprint density at radius 3 is 2.25 bits per heavy atom. The number of hydrogen-bond acceptors (Lipinski definition) is 5. The molecule has 1 N–H and O–H groups in total. The third kappa shape index (κ3) is 4.88. The molecule has 0 aromatic heterocycles. The smallest absolute Gasteiger partial charge is 0.247 e. The quantitative estimate of drug-likeness (QED) is 0.732. The highest BCUT2D eigenvalue weighted by Crippen LogP contribution is 2.33. The van der Waals surface area contributed by atoms with Crippen molar-refractivity contribution in [2.24, 2.45) is 0 Å². The first-order valence-corrected chi connectivity index (χ1v) is 10.6. The molecule has 2 aromatic carbocycles. The minimum atomic E-state index is -3.78. The lowest BCUT2D eigenvalue weighted by Crippen LogP contribution is -2.45. The van der Waals surface area contributed by atoms with Crippen molar-refractivity contribution in [1.29, 1.82) is 0 Å². The van der Waals surface area contributed by atoms with Gasteiger partial charge >= 0.3 is 0 Å². The summed E-state index contributed by atoms with van der Waals surface area (Å²) in [5.41, 5.74) is 1.55. The van der Waals surface area contributed by atoms with Gasteiger partial charge in [0.15, 0.2) is 0 Å². The van der Waals surface area contributed by atoms with Gasteiger partial charge in [-0.05, 0) is 49.7 Å². The van der Waals surface area contributed by atoms with E-state index < -0.39 is 22.0 Å². The summed E-state index contributed by atoms with van der Waals surface area (Å²) in [5, 5.41) is 3.01. The Hall–Kier alpha value is -2.45. The van der Waals surface area contributed by atoms with E-state index in [1.807, 2.05) is 6.92 Å². The van der Waals surface area contributed by atoms with Crippen molar-refractivity contribution in [3.63, 3.8) is 0 Å². The van der Waals surface area contributed by atoms with Gasteiger partial charge in [-0.1, -0.05) is 17.7 Å². The lowest BCUT2D eigenvalue weighted by molar-refractivity contribution is -0.116. The van der Waals surface area contributed by atoms with Crippen molar-refractivity contribution in [2.75, 3.05) is 30.1 Å². The molecule has 0 aliphatic heterocycles. The molecule has 9 heteroatoms. The van der Waals surface area contributed by atoms with Crippen molar-refractivity contribution in [2.45, 2.75) is 19.9 Å². The van der Waals surface area contributed by atoms with E-state index in [2.05, 4.69) is 5.32 Å². The van der Waals surface area contributed by atoms with Crippen LogP contribution in [0.15, 0.2) is 36.4 Å². The minimum absolute atomic E-state index is 0.292. The molecule has 152 valence electrons. The Kier molecular flexibility index (Phi) is 6.79. The molecule has 0 aliphatic rings. The van der Waals surface area contributed by atoms with Crippen molar-refractivity contribution in [3.05, 3.63) is 47.0 Å². The van der Waals surface area contributed by atoms with Crippen molar-refractivity contribution in [1.82, 2.24) is 0 Å². The summed E-state index contributed by atoms with van der Waals surface area (Å²) < 4.78 is 36.4. The monoisotopic (exact) mass is 426 g/mol. The number of anilines is 2. The molecule has 0 saturated carbocycles. The fourth-order valence-electron chi connectivity index (χ4n) is 2.74. The Bertz CT molecular complexity index is 978. The molecule has 0 radical (unpaired) electrons. The molecular weight excluding hydrogens is 404 g/mol. The lowest BCUT2D eigenvalue weighted by atomic mass is 10.2. The van der Waals surface area contributed by atoms with Gasteiger partial charge in [-0.3, -0.25) is 9.10 Å². The number of hydrogen-bond donors (Lipinski definition) is 1. The number of methoxy groups -OCH3 is 2. The number of benzene rings is 2. The third-order valence-corrected chi connectivity index (χ3v) is 5.60. The fraction of sp³-hybridized carbons (Fsp3) is 0.316. The van der Waals surface area contributed by atoms with Crippen LogP contribution >= 0.6 is 11.6 Å². The van der Waals surface area contributed by atoms with Gasteiger partial charge in [0.25, 0.3) is 0 Å². The molecule has 7 nitrogen and oxygen atoms in total. The Morgan fingerprint density at radius 1 is 1.11 bits per heavy atom. The second-order valence-corrected chi connectivity index (χ2v) is 8.52. The highest BCUT2D eigenvalue weighted by Gasteiger charge is 2.31. The van der Waals surface area contributed by atoms with Crippen LogP contribution < -0.4 is 19.1 Å². The predicted molar refractivity (Wildman–Crippen MR) is 111 cm³/mol. The van der Waals surface area contributed by atoms with Gasteiger partial charge in [-0.2, -0.15) is 0 Å². The van der Waals surface area contributed by atoms with Gasteiger partial charge < -0.3 is 14.8 Å². The number of aryl methyl sites for hydroxylation is 1. The number of nitrogens with one attached hydrogen (secondary N) is 1. The summed E-state index contributed by atoms with van der Waals surface area (Å²) in [6.07, 6.45) is 1.04. The number of ether oxygens (including phenoxy) is 2. The maximum atomic E-state index is 12.8. The molecule has 1 atom stereocenters. The fourth-order valence-corrected chi connectivity index (χ4v) is 4.17. The van der Waals surface area contributed by atoms with Crippen LogP contribution in [0.4, 0.5) is 11.4 Å². The Balaban J connectivity index is 2.39. The van der Waals surface area contributed by atoms with E-state index in [1.54, 1.807) is 30.3 Å². The standard InChI is InChI=1S/C19H23ClN2O5S/c1-12-6-8-18(27-4)16(10-12)22(28(5,24)25)13(2)19(23)21-14-7-9-17(26-3)15(20)11-14/h6-11,13H,1-5H3,(H,21,23)/t13-/m1/s1. The number of carbonyl (C=O) groups is 1. The molecule has 2 rings (SSSR count). The van der Waals surface area contributed by atoms with Crippen LogP contribution in [0.25, 0.3) is 0 Å². The highest BCUT2D eigenvalue weighted by molar-refractivity contribution is 7.92. The molecule has 2 aromatic rings. The normalized spacial score (nSPS) is 12.2. The van der Waals surface area contributed by atoms with E-state index in [0.717, 1.165) is 16.1 Å². The Morgan fingerprint density at radius 2 is 1.71 bits per heavy atom. The van der Waals surface area contributed by atoms with E-state index in [9.17, 15) is 13.2 Å². The van der Waals surface area contributed by atoms with Gasteiger partial charge in [0, 0.05) is 5.69 Å². The number of halogens is 1. The Labute approximate surface area is 170 Å². The largest absolute Gasteiger partial charge is 0.495 e. The van der Waals surface area contributed by atoms with E-state index in [0.29, 0.717) is 27.9 Å². The average Bonchev–Trinajstić information content (AvgIpc) is 2.61. The van der Waals surface area contributed by atoms with Gasteiger partial charge in [0.2, 0.25) is 15.9 Å². The summed E-state index contributed by atoms with van der Waals surface area (Å²) in [6, 6.07) is 8.85. The topological polar surface area (TPSA) is 84.9 Å². The average molecular weight is 427 g/mol. The van der Waals surface area contributed by atoms with Crippen molar-refractivity contribution in [3.8, 4) is 11.5 Å². The predicted octanol–water partition coefficient (Wildman–Crippen LogP) is 3.46. The summed E-state index contributed by atoms with van der Waals surface area (Å²) in [4.78, 5) is 12.8. The van der Waals surface area contributed by atoms with Gasteiger partial charge in [0.05, 0.1) is 31.2 Å². The van der Waals surface area contributed by atoms with Crippen LogP contribution in [0.2, 0.25) is 5.02 Å². The molecule has 0 heterocycles. The first-order chi connectivity index (χ1) is 13.1. The molecule has 1 amide bonds. The van der Waals surface area contributed by atoms with Crippen LogP contribution in [0.1, 0.15) is 12.5 Å². The zero-order chi connectivity index (χ0) is 21.1. The van der Waals surface area contributed by atoms with Crippen LogP contribution in [0.3, 0.4) is 0 Å².